The minimum Gasteiger partial charge on any atom is -0.378 e. The molecule has 0 saturated carbocycles. The van der Waals surface area contributed by atoms with E-state index in [9.17, 15) is 0 Å². The van der Waals surface area contributed by atoms with E-state index in [-0.39, 0.29) is 12.1 Å². The third-order valence-corrected chi connectivity index (χ3v) is 3.28. The van der Waals surface area contributed by atoms with E-state index in [0.29, 0.717) is 6.10 Å². The molecule has 1 saturated heterocycles. The molecule has 16 heavy (non-hydrogen) atoms. The van der Waals surface area contributed by atoms with Crippen LogP contribution in [0, 0.1) is 0 Å². The first kappa shape index (κ1) is 13.9. The van der Waals surface area contributed by atoms with Gasteiger partial charge >= 0.3 is 0 Å². The fraction of sp³-hybridized carbons (Fsp3) is 1.00. The van der Waals surface area contributed by atoms with Gasteiger partial charge in [0.25, 0.3) is 0 Å². The van der Waals surface area contributed by atoms with Gasteiger partial charge in [0.2, 0.25) is 0 Å². The zero-order valence-corrected chi connectivity index (χ0v) is 10.6. The van der Waals surface area contributed by atoms with E-state index in [0.717, 1.165) is 32.5 Å². The lowest BCUT2D eigenvalue weighted by molar-refractivity contribution is 0.0422. The maximum atomic E-state index is 5.59. The molecule has 3 atom stereocenters. The van der Waals surface area contributed by atoms with Crippen molar-refractivity contribution in [3.8, 4) is 0 Å². The first-order valence-corrected chi connectivity index (χ1v) is 6.47. The predicted octanol–water partition coefficient (Wildman–Crippen LogP) is 1.59. The highest BCUT2D eigenvalue weighted by Crippen LogP contribution is 2.18. The quantitative estimate of drug-likeness (QED) is 0.491. The summed E-state index contributed by atoms with van der Waals surface area (Å²) in [7, 11) is 0. The summed E-state index contributed by atoms with van der Waals surface area (Å²) in [6.45, 7) is 5.76. The first-order chi connectivity index (χ1) is 7.77. The zero-order chi connectivity index (χ0) is 11.8. The summed E-state index contributed by atoms with van der Waals surface area (Å²) in [5, 5.41) is 0. The number of ether oxygens (including phenoxy) is 2. The Hall–Kier alpha value is -0.160. The van der Waals surface area contributed by atoms with Crippen LogP contribution in [-0.4, -0.2) is 31.5 Å². The smallest absolute Gasteiger partial charge is 0.0713 e. The first-order valence-electron chi connectivity index (χ1n) is 6.47. The molecule has 1 aliphatic heterocycles. The Bertz CT molecular complexity index is 172. The van der Waals surface area contributed by atoms with Crippen LogP contribution in [0.4, 0.5) is 0 Å². The van der Waals surface area contributed by atoms with E-state index in [4.69, 9.17) is 15.3 Å². The van der Waals surface area contributed by atoms with Gasteiger partial charge in [-0.2, -0.15) is 0 Å². The molecule has 0 aliphatic carbocycles. The zero-order valence-electron chi connectivity index (χ0n) is 10.6. The van der Waals surface area contributed by atoms with Crippen LogP contribution in [0.2, 0.25) is 0 Å². The topological polar surface area (TPSA) is 56.5 Å². The molecular formula is C12H26N2O2. The Labute approximate surface area is 98.8 Å². The highest BCUT2D eigenvalue weighted by atomic mass is 16.5. The summed E-state index contributed by atoms with van der Waals surface area (Å²) in [5.74, 6) is 5.54. The van der Waals surface area contributed by atoms with Crippen molar-refractivity contribution in [1.29, 1.82) is 0 Å². The van der Waals surface area contributed by atoms with Crippen LogP contribution in [0.25, 0.3) is 0 Å². The van der Waals surface area contributed by atoms with Crippen molar-refractivity contribution in [1.82, 2.24) is 5.43 Å². The highest BCUT2D eigenvalue weighted by Gasteiger charge is 2.18. The third-order valence-electron chi connectivity index (χ3n) is 3.28. The summed E-state index contributed by atoms with van der Waals surface area (Å²) in [6.07, 6.45) is 6.46. The van der Waals surface area contributed by atoms with Crippen LogP contribution < -0.4 is 11.3 Å². The Balaban J connectivity index is 2.12. The summed E-state index contributed by atoms with van der Waals surface area (Å²) in [6, 6.07) is 0.251. The van der Waals surface area contributed by atoms with Crippen molar-refractivity contribution in [3.05, 3.63) is 0 Å². The van der Waals surface area contributed by atoms with Crippen molar-refractivity contribution in [2.24, 2.45) is 5.84 Å². The van der Waals surface area contributed by atoms with Gasteiger partial charge in [-0.25, -0.2) is 0 Å². The molecule has 3 unspecified atom stereocenters. The molecular weight excluding hydrogens is 204 g/mol. The average molecular weight is 230 g/mol. The van der Waals surface area contributed by atoms with Crippen molar-refractivity contribution >= 4 is 0 Å². The van der Waals surface area contributed by atoms with Crippen LogP contribution in [-0.2, 0) is 9.47 Å². The number of hydrogen-bond donors (Lipinski definition) is 2. The third kappa shape index (κ3) is 4.78. The van der Waals surface area contributed by atoms with Gasteiger partial charge in [-0.05, 0) is 46.0 Å². The predicted molar refractivity (Wildman–Crippen MR) is 65.0 cm³/mol. The van der Waals surface area contributed by atoms with Crippen LogP contribution in [0.15, 0.2) is 0 Å². The molecule has 4 nitrogen and oxygen atoms in total. The lowest BCUT2D eigenvalue weighted by atomic mass is 10.0. The molecule has 1 aliphatic rings. The van der Waals surface area contributed by atoms with E-state index in [2.05, 4.69) is 12.3 Å². The lowest BCUT2D eigenvalue weighted by Crippen LogP contribution is -2.43. The molecule has 0 aromatic heterocycles. The lowest BCUT2D eigenvalue weighted by Gasteiger charge is -2.23. The minimum absolute atomic E-state index is 0.180. The van der Waals surface area contributed by atoms with Gasteiger partial charge in [0, 0.05) is 19.3 Å². The van der Waals surface area contributed by atoms with E-state index < -0.39 is 0 Å². The molecule has 1 fully saturated rings. The number of nitrogens with one attached hydrogen (secondary N) is 1. The van der Waals surface area contributed by atoms with Gasteiger partial charge in [-0.1, -0.05) is 0 Å². The Morgan fingerprint density at radius 3 is 2.94 bits per heavy atom. The SMILES string of the molecule is CCOC(C)C(CCCC1CCCO1)NN. The van der Waals surface area contributed by atoms with Gasteiger partial charge in [0.1, 0.15) is 0 Å². The van der Waals surface area contributed by atoms with Gasteiger partial charge in [-0.3, -0.25) is 11.3 Å². The van der Waals surface area contributed by atoms with Crippen molar-refractivity contribution < 1.29 is 9.47 Å². The highest BCUT2D eigenvalue weighted by molar-refractivity contribution is 4.73. The largest absolute Gasteiger partial charge is 0.378 e. The van der Waals surface area contributed by atoms with Crippen LogP contribution in [0.1, 0.15) is 46.0 Å². The molecule has 96 valence electrons. The number of rotatable bonds is 8. The fourth-order valence-electron chi connectivity index (χ4n) is 2.27. The minimum atomic E-state index is 0.180. The summed E-state index contributed by atoms with van der Waals surface area (Å²) in [5.41, 5.74) is 2.85. The monoisotopic (exact) mass is 230 g/mol. The van der Waals surface area contributed by atoms with Gasteiger partial charge in [0.05, 0.1) is 12.2 Å². The fourth-order valence-corrected chi connectivity index (χ4v) is 2.27. The summed E-state index contributed by atoms with van der Waals surface area (Å²) >= 11 is 0. The van der Waals surface area contributed by atoms with Crippen molar-refractivity contribution in [2.45, 2.75) is 64.2 Å². The van der Waals surface area contributed by atoms with Crippen LogP contribution in [0.5, 0.6) is 0 Å². The van der Waals surface area contributed by atoms with Gasteiger partial charge in [0.15, 0.2) is 0 Å². The second kappa shape index (κ2) is 8.01. The number of hydrazine groups is 1. The molecule has 3 N–H and O–H groups in total. The molecule has 0 bridgehead atoms. The van der Waals surface area contributed by atoms with Crippen LogP contribution in [0.3, 0.4) is 0 Å². The second-order valence-electron chi connectivity index (χ2n) is 4.50. The summed E-state index contributed by atoms with van der Waals surface area (Å²) < 4.78 is 11.1. The van der Waals surface area contributed by atoms with Gasteiger partial charge < -0.3 is 9.47 Å². The van der Waals surface area contributed by atoms with Crippen LogP contribution >= 0.6 is 0 Å². The molecule has 0 radical (unpaired) electrons. The van der Waals surface area contributed by atoms with E-state index in [1.54, 1.807) is 0 Å². The molecule has 0 amide bonds. The van der Waals surface area contributed by atoms with E-state index in [1.165, 1.54) is 12.8 Å². The molecule has 0 aromatic carbocycles. The summed E-state index contributed by atoms with van der Waals surface area (Å²) in [4.78, 5) is 0. The van der Waals surface area contributed by atoms with Crippen molar-refractivity contribution in [3.63, 3.8) is 0 Å². The maximum absolute atomic E-state index is 5.59. The Kier molecular flexibility index (Phi) is 6.96. The number of hydrogen-bond acceptors (Lipinski definition) is 4. The second-order valence-corrected chi connectivity index (χ2v) is 4.50. The Morgan fingerprint density at radius 2 is 2.38 bits per heavy atom. The normalized spacial score (nSPS) is 24.6. The average Bonchev–Trinajstić information content (AvgIpc) is 2.77. The molecule has 0 spiro atoms. The molecule has 4 heteroatoms. The van der Waals surface area contributed by atoms with Gasteiger partial charge in [-0.15, -0.1) is 0 Å². The molecule has 0 aromatic rings. The molecule has 1 rings (SSSR count). The van der Waals surface area contributed by atoms with Crippen molar-refractivity contribution in [2.75, 3.05) is 13.2 Å². The number of nitrogens with two attached hydrogens (primary N) is 1. The maximum Gasteiger partial charge on any atom is 0.0713 e. The molecule has 1 heterocycles. The Morgan fingerprint density at radius 1 is 1.56 bits per heavy atom. The standard InChI is InChI=1S/C12H26N2O2/c1-3-15-10(2)12(14-13)8-4-6-11-7-5-9-16-11/h10-12,14H,3-9,13H2,1-2H3. The van der Waals surface area contributed by atoms with E-state index in [1.807, 2.05) is 6.92 Å². The van der Waals surface area contributed by atoms with E-state index >= 15 is 0 Å².